The number of likely N-dealkylation sites (tertiary alicyclic amines) is 1. The minimum atomic E-state index is -0.490. The van der Waals surface area contributed by atoms with E-state index >= 15 is 0 Å². The Labute approximate surface area is 146 Å². The molecule has 0 bridgehead atoms. The van der Waals surface area contributed by atoms with Crippen LogP contribution in [0.15, 0.2) is 30.5 Å². The normalized spacial score (nSPS) is 31.2. The number of ether oxygens (including phenoxy) is 2. The van der Waals surface area contributed by atoms with Gasteiger partial charge in [-0.1, -0.05) is 12.2 Å². The summed E-state index contributed by atoms with van der Waals surface area (Å²) in [6.45, 7) is 1.08. The molecule has 134 valence electrons. The second-order valence-electron chi connectivity index (χ2n) is 7.01. The monoisotopic (exact) mass is 346 g/mol. The second-order valence-corrected chi connectivity index (χ2v) is 7.01. The number of pyridine rings is 1. The number of carbonyl (C=O) groups excluding carboxylic acids is 1. The lowest BCUT2D eigenvalue weighted by Crippen LogP contribution is -2.44. The second kappa shape index (κ2) is 7.12. The lowest BCUT2D eigenvalue weighted by molar-refractivity contribution is -0.135. The molecule has 1 unspecified atom stereocenters. The molecule has 0 radical (unpaired) electrons. The number of fused-ring (bicyclic) bond motifs is 1. The van der Waals surface area contributed by atoms with E-state index in [2.05, 4.69) is 17.1 Å². The van der Waals surface area contributed by atoms with Crippen molar-refractivity contribution in [2.75, 3.05) is 13.2 Å². The fourth-order valence-electron chi connectivity index (χ4n) is 4.11. The van der Waals surface area contributed by atoms with E-state index in [9.17, 15) is 9.18 Å². The van der Waals surface area contributed by atoms with E-state index < -0.39 is 5.82 Å². The number of allylic oxidation sites excluding steroid dienone is 2. The number of aromatic nitrogens is 1. The van der Waals surface area contributed by atoms with Crippen LogP contribution in [0, 0.1) is 11.7 Å². The van der Waals surface area contributed by atoms with Gasteiger partial charge in [-0.3, -0.25) is 4.79 Å². The third kappa shape index (κ3) is 3.40. The highest BCUT2D eigenvalue weighted by Gasteiger charge is 2.47. The molecule has 3 heterocycles. The first-order valence-corrected chi connectivity index (χ1v) is 9.07. The van der Waals surface area contributed by atoms with Crippen molar-refractivity contribution in [3.63, 3.8) is 0 Å². The van der Waals surface area contributed by atoms with Crippen molar-refractivity contribution in [2.24, 2.45) is 5.92 Å². The number of nitrogens with zero attached hydrogens (tertiary/aromatic N) is 2. The van der Waals surface area contributed by atoms with E-state index in [1.165, 1.54) is 18.3 Å². The number of hydrogen-bond donors (Lipinski definition) is 0. The molecular weight excluding hydrogens is 323 g/mol. The van der Waals surface area contributed by atoms with Gasteiger partial charge >= 0.3 is 0 Å². The van der Waals surface area contributed by atoms with Gasteiger partial charge in [0.25, 0.3) is 5.88 Å². The van der Waals surface area contributed by atoms with Crippen LogP contribution in [0.5, 0.6) is 5.88 Å². The van der Waals surface area contributed by atoms with Crippen molar-refractivity contribution in [3.8, 4) is 5.88 Å². The van der Waals surface area contributed by atoms with Gasteiger partial charge in [0, 0.05) is 19.2 Å². The van der Waals surface area contributed by atoms with Crippen LogP contribution in [0.25, 0.3) is 0 Å². The number of carbonyl (C=O) groups is 1. The van der Waals surface area contributed by atoms with E-state index in [1.807, 2.05) is 4.90 Å². The van der Waals surface area contributed by atoms with E-state index in [-0.39, 0.29) is 30.0 Å². The average molecular weight is 346 g/mol. The summed E-state index contributed by atoms with van der Waals surface area (Å²) in [5.41, 5.74) is 0. The fraction of sp³-hybridized carbons (Fsp3) is 0.579. The Hall–Kier alpha value is -1.95. The van der Waals surface area contributed by atoms with Crippen LogP contribution in [-0.2, 0) is 9.53 Å². The van der Waals surface area contributed by atoms with Crippen molar-refractivity contribution in [1.29, 1.82) is 0 Å². The summed E-state index contributed by atoms with van der Waals surface area (Å²) < 4.78 is 25.6. The van der Waals surface area contributed by atoms with Gasteiger partial charge in [-0.2, -0.15) is 0 Å². The summed E-state index contributed by atoms with van der Waals surface area (Å²) in [7, 11) is 0. The van der Waals surface area contributed by atoms with Gasteiger partial charge in [-0.25, -0.2) is 9.37 Å². The molecular formula is C19H23FN2O3. The minimum Gasteiger partial charge on any atom is -0.468 e. The molecule has 5 nitrogen and oxygen atoms in total. The Morgan fingerprint density at radius 1 is 1.44 bits per heavy atom. The Kier molecular flexibility index (Phi) is 4.70. The van der Waals surface area contributed by atoms with Gasteiger partial charge in [0.1, 0.15) is 12.2 Å². The highest BCUT2D eigenvalue weighted by Crippen LogP contribution is 2.33. The van der Waals surface area contributed by atoms with Crippen LogP contribution in [-0.4, -0.2) is 47.2 Å². The van der Waals surface area contributed by atoms with Crippen LogP contribution < -0.4 is 4.74 Å². The van der Waals surface area contributed by atoms with Gasteiger partial charge in [0.05, 0.1) is 12.6 Å². The number of rotatable bonds is 4. The highest BCUT2D eigenvalue weighted by atomic mass is 19.1. The molecule has 2 fully saturated rings. The van der Waals surface area contributed by atoms with Crippen molar-refractivity contribution in [1.82, 2.24) is 9.88 Å². The maximum absolute atomic E-state index is 13.9. The zero-order valence-corrected chi connectivity index (χ0v) is 14.1. The van der Waals surface area contributed by atoms with E-state index in [0.717, 1.165) is 25.7 Å². The summed E-state index contributed by atoms with van der Waals surface area (Å²) in [5.74, 6) is -0.0301. The molecule has 1 amide bonds. The third-order valence-corrected chi connectivity index (χ3v) is 5.33. The van der Waals surface area contributed by atoms with Crippen molar-refractivity contribution >= 4 is 5.91 Å². The zero-order chi connectivity index (χ0) is 17.2. The summed E-state index contributed by atoms with van der Waals surface area (Å²) in [4.78, 5) is 18.7. The van der Waals surface area contributed by atoms with Crippen LogP contribution >= 0.6 is 0 Å². The number of halogens is 1. The van der Waals surface area contributed by atoms with Gasteiger partial charge < -0.3 is 14.4 Å². The molecule has 0 aromatic carbocycles. The van der Waals surface area contributed by atoms with Crippen LogP contribution in [0.1, 0.15) is 32.1 Å². The zero-order valence-electron chi connectivity index (χ0n) is 14.1. The van der Waals surface area contributed by atoms with E-state index in [0.29, 0.717) is 25.5 Å². The molecule has 2 aliphatic heterocycles. The quantitative estimate of drug-likeness (QED) is 0.787. The molecule has 0 spiro atoms. The Balaban J connectivity index is 1.48. The maximum atomic E-state index is 13.9. The average Bonchev–Trinajstić information content (AvgIpc) is 3.25. The van der Waals surface area contributed by atoms with Crippen LogP contribution in [0.4, 0.5) is 4.39 Å². The van der Waals surface area contributed by atoms with Gasteiger partial charge in [0.15, 0.2) is 5.82 Å². The Morgan fingerprint density at radius 3 is 3.16 bits per heavy atom. The lowest BCUT2D eigenvalue weighted by atomic mass is 10.0. The highest BCUT2D eigenvalue weighted by molar-refractivity contribution is 5.77. The molecule has 0 saturated carbocycles. The molecule has 3 aliphatic rings. The van der Waals surface area contributed by atoms with E-state index in [1.54, 1.807) is 0 Å². The summed E-state index contributed by atoms with van der Waals surface area (Å²) in [6.07, 6.45) is 9.66. The third-order valence-electron chi connectivity index (χ3n) is 5.33. The standard InChI is InChI=1S/C19H23FN2O3/c20-14-7-3-9-21-19(14)25-16-12-22(15-8-4-10-24-18(15)16)17(23)11-13-5-1-2-6-13/h1,3,5,7,9,13,15-16,18H,2,4,6,8,10-12H2/t13?,15-,16+,18+/m1/s1. The smallest absolute Gasteiger partial charge is 0.250 e. The number of amides is 1. The van der Waals surface area contributed by atoms with E-state index in [4.69, 9.17) is 9.47 Å². The SMILES string of the molecule is O=C(CC1C=CCC1)N1C[C@H](Oc2ncccc2F)[C@H]2OCCC[C@H]21. The molecule has 4 rings (SSSR count). The predicted molar refractivity (Wildman–Crippen MR) is 89.6 cm³/mol. The Bertz CT molecular complexity index is 666. The van der Waals surface area contributed by atoms with Crippen LogP contribution in [0.2, 0.25) is 0 Å². The topological polar surface area (TPSA) is 51.7 Å². The first-order chi connectivity index (χ1) is 12.2. The first kappa shape index (κ1) is 16.5. The summed E-state index contributed by atoms with van der Waals surface area (Å²) >= 11 is 0. The molecule has 1 aromatic rings. The summed E-state index contributed by atoms with van der Waals surface area (Å²) in [5, 5.41) is 0. The first-order valence-electron chi connectivity index (χ1n) is 9.07. The van der Waals surface area contributed by atoms with Gasteiger partial charge in [-0.05, 0) is 43.7 Å². The van der Waals surface area contributed by atoms with Gasteiger partial charge in [0.2, 0.25) is 5.91 Å². The molecule has 25 heavy (non-hydrogen) atoms. The molecule has 1 aromatic heterocycles. The molecule has 1 aliphatic carbocycles. The van der Waals surface area contributed by atoms with Gasteiger partial charge in [-0.15, -0.1) is 0 Å². The molecule has 6 heteroatoms. The Morgan fingerprint density at radius 2 is 2.36 bits per heavy atom. The van der Waals surface area contributed by atoms with Crippen molar-refractivity contribution in [3.05, 3.63) is 36.3 Å². The minimum absolute atomic E-state index is 0.0170. The molecule has 2 saturated heterocycles. The fourth-order valence-corrected chi connectivity index (χ4v) is 4.11. The lowest BCUT2D eigenvalue weighted by Gasteiger charge is -2.32. The van der Waals surface area contributed by atoms with Crippen LogP contribution in [0.3, 0.4) is 0 Å². The van der Waals surface area contributed by atoms with Crippen molar-refractivity contribution in [2.45, 2.75) is 50.4 Å². The summed E-state index contributed by atoms with van der Waals surface area (Å²) in [6, 6.07) is 2.87. The largest absolute Gasteiger partial charge is 0.468 e. The molecule has 4 atom stereocenters. The molecule has 0 N–H and O–H groups in total. The predicted octanol–water partition coefficient (Wildman–Crippen LogP) is 2.71. The number of hydrogen-bond acceptors (Lipinski definition) is 4. The maximum Gasteiger partial charge on any atom is 0.250 e. The van der Waals surface area contributed by atoms with Crippen molar-refractivity contribution < 1.29 is 18.7 Å².